The molecule has 2 N–H and O–H groups in total. The van der Waals surface area contributed by atoms with Gasteiger partial charge in [-0.2, -0.15) is 0 Å². The van der Waals surface area contributed by atoms with Crippen LogP contribution in [0.5, 0.6) is 0 Å². The van der Waals surface area contributed by atoms with Gasteiger partial charge in [0.15, 0.2) is 0 Å². The Morgan fingerprint density at radius 1 is 1.62 bits per heavy atom. The van der Waals surface area contributed by atoms with Crippen LogP contribution in [0.4, 0.5) is 0 Å². The van der Waals surface area contributed by atoms with Crippen molar-refractivity contribution < 1.29 is 14.3 Å². The first kappa shape index (κ1) is 16.2. The summed E-state index contributed by atoms with van der Waals surface area (Å²) in [5, 5.41) is 6.81. The van der Waals surface area contributed by atoms with Crippen molar-refractivity contribution in [2.24, 2.45) is 0 Å². The number of benzene rings is 1. The molecule has 0 spiro atoms. The highest BCUT2D eigenvalue weighted by Crippen LogP contribution is 2.19. The Morgan fingerprint density at radius 2 is 2.48 bits per heavy atom. The van der Waals surface area contributed by atoms with Crippen molar-refractivity contribution in [3.05, 3.63) is 34.9 Å². The fourth-order valence-electron chi connectivity index (χ4n) is 2.30. The van der Waals surface area contributed by atoms with Gasteiger partial charge < -0.3 is 20.1 Å². The molecule has 0 saturated carbocycles. The number of halogens is 1. The van der Waals surface area contributed by atoms with E-state index in [0.29, 0.717) is 31.2 Å². The van der Waals surface area contributed by atoms with Crippen LogP contribution in [0.1, 0.15) is 18.1 Å². The maximum atomic E-state index is 11.9. The number of hydrogen-bond donors (Lipinski definition) is 2. The maximum Gasteiger partial charge on any atom is 0.221 e. The minimum Gasteiger partial charge on any atom is -0.378 e. The first-order chi connectivity index (χ1) is 10.2. The molecule has 6 heteroatoms. The summed E-state index contributed by atoms with van der Waals surface area (Å²) in [6.07, 6.45) is 0.203. The van der Waals surface area contributed by atoms with Crippen molar-refractivity contribution in [2.45, 2.75) is 18.6 Å². The average Bonchev–Trinajstić information content (AvgIpc) is 2.49. The zero-order chi connectivity index (χ0) is 15.1. The molecule has 0 aliphatic carbocycles. The highest BCUT2D eigenvalue weighted by Gasteiger charge is 2.18. The quantitative estimate of drug-likeness (QED) is 0.836. The minimum absolute atomic E-state index is 0.0120. The van der Waals surface area contributed by atoms with Gasteiger partial charge in [0.2, 0.25) is 5.91 Å². The van der Waals surface area contributed by atoms with Gasteiger partial charge in [0.05, 0.1) is 19.3 Å². The number of methoxy groups -OCH3 is 1. The molecule has 1 amide bonds. The average molecular weight is 313 g/mol. The van der Waals surface area contributed by atoms with Gasteiger partial charge in [-0.25, -0.2) is 0 Å². The molecular formula is C15H21ClN2O3. The molecule has 1 heterocycles. The highest BCUT2D eigenvalue weighted by molar-refractivity contribution is 6.30. The van der Waals surface area contributed by atoms with Crippen LogP contribution in [0.25, 0.3) is 0 Å². The molecule has 1 aliphatic heterocycles. The summed E-state index contributed by atoms with van der Waals surface area (Å²) in [5.41, 5.74) is 0.949. The summed E-state index contributed by atoms with van der Waals surface area (Å²) in [4.78, 5) is 11.9. The van der Waals surface area contributed by atoms with Gasteiger partial charge in [-0.3, -0.25) is 4.79 Å². The number of hydrogen-bond acceptors (Lipinski definition) is 4. The van der Waals surface area contributed by atoms with E-state index in [4.69, 9.17) is 21.1 Å². The van der Waals surface area contributed by atoms with E-state index >= 15 is 0 Å². The van der Waals surface area contributed by atoms with Crippen molar-refractivity contribution in [3.63, 3.8) is 0 Å². The van der Waals surface area contributed by atoms with Crippen LogP contribution in [0.3, 0.4) is 0 Å². The zero-order valence-electron chi connectivity index (χ0n) is 12.1. The largest absolute Gasteiger partial charge is 0.378 e. The van der Waals surface area contributed by atoms with Crippen LogP contribution < -0.4 is 10.6 Å². The van der Waals surface area contributed by atoms with E-state index in [1.165, 1.54) is 0 Å². The predicted molar refractivity (Wildman–Crippen MR) is 81.4 cm³/mol. The summed E-state index contributed by atoms with van der Waals surface area (Å²) < 4.78 is 10.7. The Balaban J connectivity index is 1.80. The minimum atomic E-state index is -0.205. The smallest absolute Gasteiger partial charge is 0.221 e. The van der Waals surface area contributed by atoms with Gasteiger partial charge in [0.1, 0.15) is 0 Å². The fraction of sp³-hybridized carbons (Fsp3) is 0.533. The summed E-state index contributed by atoms with van der Waals surface area (Å²) in [7, 11) is 1.62. The second kappa shape index (κ2) is 8.34. The van der Waals surface area contributed by atoms with E-state index in [-0.39, 0.29) is 18.1 Å². The monoisotopic (exact) mass is 312 g/mol. The van der Waals surface area contributed by atoms with Crippen molar-refractivity contribution in [3.8, 4) is 0 Å². The molecule has 2 rings (SSSR count). The molecule has 1 aromatic carbocycles. The summed E-state index contributed by atoms with van der Waals surface area (Å²) >= 11 is 5.97. The van der Waals surface area contributed by atoms with Gasteiger partial charge >= 0.3 is 0 Å². The summed E-state index contributed by atoms with van der Waals surface area (Å²) in [6.45, 7) is 2.50. The second-order valence-corrected chi connectivity index (χ2v) is 5.45. The molecule has 1 fully saturated rings. The normalized spacial score (nSPS) is 20.0. The lowest BCUT2D eigenvalue weighted by molar-refractivity contribution is -0.122. The van der Waals surface area contributed by atoms with Crippen LogP contribution >= 0.6 is 11.6 Å². The highest BCUT2D eigenvalue weighted by atomic mass is 35.5. The van der Waals surface area contributed by atoms with Crippen LogP contribution in [0.2, 0.25) is 5.02 Å². The number of carbonyl (C=O) groups is 1. The topological polar surface area (TPSA) is 59.6 Å². The Bertz CT molecular complexity index is 464. The standard InChI is InChI=1S/C15H21ClN2O3/c1-20-14(11-3-2-4-12(16)7-11)9-18-15(19)8-13-10-21-6-5-17-13/h2-4,7,13-14,17H,5-6,8-10H2,1H3,(H,18,19). The van der Waals surface area contributed by atoms with Crippen LogP contribution in [0, 0.1) is 0 Å². The van der Waals surface area contributed by atoms with Crippen LogP contribution in [-0.2, 0) is 14.3 Å². The number of amides is 1. The predicted octanol–water partition coefficient (Wildman–Crippen LogP) is 1.52. The second-order valence-electron chi connectivity index (χ2n) is 5.01. The molecule has 2 atom stereocenters. The maximum absolute atomic E-state index is 11.9. The molecule has 116 valence electrons. The zero-order valence-corrected chi connectivity index (χ0v) is 12.9. The van der Waals surface area contributed by atoms with Crippen LogP contribution in [0.15, 0.2) is 24.3 Å². The molecular weight excluding hydrogens is 292 g/mol. The molecule has 1 saturated heterocycles. The van der Waals surface area contributed by atoms with E-state index in [0.717, 1.165) is 12.1 Å². The number of carbonyl (C=O) groups excluding carboxylic acids is 1. The van der Waals surface area contributed by atoms with Crippen molar-refractivity contribution in [1.82, 2.24) is 10.6 Å². The van der Waals surface area contributed by atoms with Crippen molar-refractivity contribution >= 4 is 17.5 Å². The Hall–Kier alpha value is -1.14. The van der Waals surface area contributed by atoms with E-state index < -0.39 is 0 Å². The van der Waals surface area contributed by atoms with Gasteiger partial charge in [0.25, 0.3) is 0 Å². The van der Waals surface area contributed by atoms with Crippen molar-refractivity contribution in [1.29, 1.82) is 0 Å². The Labute approximate surface area is 130 Å². The third kappa shape index (κ3) is 5.28. The molecule has 21 heavy (non-hydrogen) atoms. The lowest BCUT2D eigenvalue weighted by Gasteiger charge is -2.23. The third-order valence-electron chi connectivity index (χ3n) is 3.42. The van der Waals surface area contributed by atoms with Gasteiger partial charge in [-0.1, -0.05) is 23.7 Å². The molecule has 0 radical (unpaired) electrons. The lowest BCUT2D eigenvalue weighted by atomic mass is 10.1. The molecule has 0 aromatic heterocycles. The lowest BCUT2D eigenvalue weighted by Crippen LogP contribution is -2.44. The van der Waals surface area contributed by atoms with Gasteiger partial charge in [0, 0.05) is 37.7 Å². The van der Waals surface area contributed by atoms with Crippen LogP contribution in [-0.4, -0.2) is 45.4 Å². The molecule has 2 unspecified atom stereocenters. The van der Waals surface area contributed by atoms with Crippen molar-refractivity contribution in [2.75, 3.05) is 33.4 Å². The molecule has 1 aromatic rings. The summed E-state index contributed by atoms with van der Waals surface area (Å²) in [5.74, 6) is -0.0120. The number of morpholine rings is 1. The SMILES string of the molecule is COC(CNC(=O)CC1COCCN1)c1cccc(Cl)c1. The van der Waals surface area contributed by atoms with E-state index in [1.807, 2.05) is 24.3 Å². The third-order valence-corrected chi connectivity index (χ3v) is 3.65. The number of ether oxygens (including phenoxy) is 2. The number of rotatable bonds is 6. The van der Waals surface area contributed by atoms with Gasteiger partial charge in [-0.05, 0) is 17.7 Å². The fourth-order valence-corrected chi connectivity index (χ4v) is 2.50. The molecule has 0 bridgehead atoms. The van der Waals surface area contributed by atoms with E-state index in [2.05, 4.69) is 10.6 Å². The van der Waals surface area contributed by atoms with Gasteiger partial charge in [-0.15, -0.1) is 0 Å². The molecule has 5 nitrogen and oxygen atoms in total. The Morgan fingerprint density at radius 3 is 3.14 bits per heavy atom. The summed E-state index contributed by atoms with van der Waals surface area (Å²) in [6, 6.07) is 7.55. The first-order valence-corrected chi connectivity index (χ1v) is 7.43. The first-order valence-electron chi connectivity index (χ1n) is 7.05. The van der Waals surface area contributed by atoms with E-state index in [1.54, 1.807) is 7.11 Å². The number of nitrogens with one attached hydrogen (secondary N) is 2. The Kier molecular flexibility index (Phi) is 6.45. The molecule has 1 aliphatic rings. The van der Waals surface area contributed by atoms with E-state index in [9.17, 15) is 4.79 Å².